The summed E-state index contributed by atoms with van der Waals surface area (Å²) in [6.07, 6.45) is 2.10. The topological polar surface area (TPSA) is 87.4 Å². The van der Waals surface area contributed by atoms with E-state index in [9.17, 15) is 9.59 Å². The first kappa shape index (κ1) is 20.4. The van der Waals surface area contributed by atoms with E-state index in [1.54, 1.807) is 26.5 Å². The SMILES string of the molecule is COc1ccc(C2=NN(C(=O)CN(C)C(=O)NC(C)C)[C@@H](c3ccco3)C2)cc1. The molecule has 1 aromatic carbocycles. The Morgan fingerprint density at radius 2 is 2.03 bits per heavy atom. The highest BCUT2D eigenvalue weighted by Crippen LogP contribution is 2.33. The number of hydrazone groups is 1. The minimum atomic E-state index is -0.351. The standard InChI is InChI=1S/C21H26N4O4/c1-14(2)22-21(27)24(3)13-20(26)25-18(19-6-5-11-29-19)12-17(23-25)15-7-9-16(28-4)10-8-15/h5-11,14,18H,12-13H2,1-4H3,(H,22,27)/t18-/m1/s1. The summed E-state index contributed by atoms with van der Waals surface area (Å²) in [5, 5.41) is 8.75. The number of ether oxygens (including phenoxy) is 1. The van der Waals surface area contributed by atoms with Crippen LogP contribution in [-0.4, -0.2) is 54.3 Å². The summed E-state index contributed by atoms with van der Waals surface area (Å²) in [4.78, 5) is 26.5. The fraction of sp³-hybridized carbons (Fsp3) is 0.381. The van der Waals surface area contributed by atoms with Crippen LogP contribution in [0.3, 0.4) is 0 Å². The molecule has 0 saturated heterocycles. The first-order valence-electron chi connectivity index (χ1n) is 9.48. The van der Waals surface area contributed by atoms with Crippen LogP contribution in [0.25, 0.3) is 0 Å². The van der Waals surface area contributed by atoms with Gasteiger partial charge in [0, 0.05) is 19.5 Å². The van der Waals surface area contributed by atoms with Crippen LogP contribution in [0.15, 0.2) is 52.2 Å². The number of hydrogen-bond donors (Lipinski definition) is 1. The van der Waals surface area contributed by atoms with Gasteiger partial charge >= 0.3 is 6.03 Å². The van der Waals surface area contributed by atoms with Crippen LogP contribution in [-0.2, 0) is 4.79 Å². The van der Waals surface area contributed by atoms with Crippen molar-refractivity contribution in [2.24, 2.45) is 5.10 Å². The normalized spacial score (nSPS) is 16.0. The van der Waals surface area contributed by atoms with Crippen molar-refractivity contribution in [3.63, 3.8) is 0 Å². The lowest BCUT2D eigenvalue weighted by Gasteiger charge is -2.24. The Morgan fingerprint density at radius 1 is 1.31 bits per heavy atom. The molecule has 2 aromatic rings. The highest BCUT2D eigenvalue weighted by atomic mass is 16.5. The average Bonchev–Trinajstić information content (AvgIpc) is 3.37. The minimum Gasteiger partial charge on any atom is -0.497 e. The molecule has 0 aliphatic carbocycles. The summed E-state index contributed by atoms with van der Waals surface area (Å²) in [7, 11) is 3.20. The zero-order chi connectivity index (χ0) is 21.0. The predicted octanol–water partition coefficient (Wildman–Crippen LogP) is 3.02. The number of benzene rings is 1. The molecule has 154 valence electrons. The Hall–Kier alpha value is -3.29. The maximum Gasteiger partial charge on any atom is 0.317 e. The molecule has 1 N–H and O–H groups in total. The van der Waals surface area contributed by atoms with Gasteiger partial charge in [-0.05, 0) is 55.8 Å². The number of likely N-dealkylation sites (N-methyl/N-ethyl adjacent to an activating group) is 1. The number of methoxy groups -OCH3 is 1. The van der Waals surface area contributed by atoms with Gasteiger partial charge in [0.1, 0.15) is 24.1 Å². The number of carbonyl (C=O) groups is 2. The molecule has 1 aliphatic rings. The minimum absolute atomic E-state index is 0.0117. The number of nitrogens with one attached hydrogen (secondary N) is 1. The van der Waals surface area contributed by atoms with E-state index < -0.39 is 0 Å². The quantitative estimate of drug-likeness (QED) is 0.810. The zero-order valence-electron chi connectivity index (χ0n) is 17.1. The van der Waals surface area contributed by atoms with Crippen molar-refractivity contribution < 1.29 is 18.7 Å². The van der Waals surface area contributed by atoms with Gasteiger partial charge in [-0.2, -0.15) is 5.10 Å². The van der Waals surface area contributed by atoms with Gasteiger partial charge in [-0.3, -0.25) is 4.79 Å². The van der Waals surface area contributed by atoms with E-state index in [1.807, 2.05) is 44.2 Å². The van der Waals surface area contributed by atoms with Gasteiger partial charge in [0.15, 0.2) is 0 Å². The molecule has 0 bridgehead atoms. The van der Waals surface area contributed by atoms with E-state index in [2.05, 4.69) is 10.4 Å². The van der Waals surface area contributed by atoms with Crippen molar-refractivity contribution in [2.75, 3.05) is 20.7 Å². The number of rotatable bonds is 6. The van der Waals surface area contributed by atoms with E-state index >= 15 is 0 Å². The number of nitrogens with zero attached hydrogens (tertiary/aromatic N) is 3. The third-order valence-corrected chi connectivity index (χ3v) is 4.59. The van der Waals surface area contributed by atoms with Crippen molar-refractivity contribution in [1.82, 2.24) is 15.2 Å². The Balaban J connectivity index is 1.80. The van der Waals surface area contributed by atoms with Gasteiger partial charge in [0.25, 0.3) is 5.91 Å². The fourth-order valence-corrected chi connectivity index (χ4v) is 3.11. The maximum absolute atomic E-state index is 13.0. The van der Waals surface area contributed by atoms with Gasteiger partial charge in [-0.25, -0.2) is 9.80 Å². The number of hydrogen-bond acceptors (Lipinski definition) is 5. The van der Waals surface area contributed by atoms with Crippen LogP contribution in [0, 0.1) is 0 Å². The van der Waals surface area contributed by atoms with Crippen LogP contribution >= 0.6 is 0 Å². The number of furan rings is 1. The smallest absolute Gasteiger partial charge is 0.317 e. The molecule has 0 unspecified atom stereocenters. The Labute approximate surface area is 170 Å². The summed E-state index contributed by atoms with van der Waals surface area (Å²) >= 11 is 0. The molecule has 0 radical (unpaired) electrons. The summed E-state index contributed by atoms with van der Waals surface area (Å²) < 4.78 is 10.7. The third kappa shape index (κ3) is 4.77. The second-order valence-electron chi connectivity index (χ2n) is 7.21. The summed E-state index contributed by atoms with van der Waals surface area (Å²) in [6.45, 7) is 3.65. The molecule has 1 aromatic heterocycles. The van der Waals surface area contributed by atoms with Crippen molar-refractivity contribution in [3.05, 3.63) is 54.0 Å². The maximum atomic E-state index is 13.0. The molecule has 0 spiro atoms. The lowest BCUT2D eigenvalue weighted by molar-refractivity contribution is -0.133. The number of urea groups is 1. The van der Waals surface area contributed by atoms with E-state index in [0.717, 1.165) is 17.0 Å². The van der Waals surface area contributed by atoms with Crippen molar-refractivity contribution in [2.45, 2.75) is 32.4 Å². The molecule has 1 atom stereocenters. The second-order valence-corrected chi connectivity index (χ2v) is 7.21. The van der Waals surface area contributed by atoms with E-state index in [4.69, 9.17) is 9.15 Å². The highest BCUT2D eigenvalue weighted by molar-refractivity contribution is 6.03. The third-order valence-electron chi connectivity index (χ3n) is 4.59. The monoisotopic (exact) mass is 398 g/mol. The predicted molar refractivity (Wildman–Crippen MR) is 109 cm³/mol. The lowest BCUT2D eigenvalue weighted by atomic mass is 10.0. The van der Waals surface area contributed by atoms with Gasteiger partial charge in [-0.1, -0.05) is 0 Å². The van der Waals surface area contributed by atoms with E-state index in [0.29, 0.717) is 12.2 Å². The van der Waals surface area contributed by atoms with Crippen LogP contribution in [0.1, 0.15) is 37.6 Å². The fourth-order valence-electron chi connectivity index (χ4n) is 3.11. The summed E-state index contributed by atoms with van der Waals surface area (Å²) in [5.74, 6) is 1.12. The van der Waals surface area contributed by atoms with Crippen molar-refractivity contribution in [3.8, 4) is 5.75 Å². The Bertz CT molecular complexity index is 875. The molecule has 3 rings (SSSR count). The van der Waals surface area contributed by atoms with E-state index in [1.165, 1.54) is 9.91 Å². The first-order chi connectivity index (χ1) is 13.9. The molecular weight excluding hydrogens is 372 g/mol. The second kappa shape index (κ2) is 8.81. The Kier molecular flexibility index (Phi) is 6.21. The van der Waals surface area contributed by atoms with Gasteiger partial charge in [0.05, 0.1) is 19.1 Å². The molecule has 0 fully saturated rings. The molecule has 8 nitrogen and oxygen atoms in total. The molecule has 1 aliphatic heterocycles. The van der Waals surface area contributed by atoms with E-state index in [-0.39, 0.29) is 30.6 Å². The highest BCUT2D eigenvalue weighted by Gasteiger charge is 2.35. The molecule has 0 saturated carbocycles. The molecule has 3 amide bonds. The molecule has 2 heterocycles. The first-order valence-corrected chi connectivity index (χ1v) is 9.48. The lowest BCUT2D eigenvalue weighted by Crippen LogP contribution is -2.45. The van der Waals surface area contributed by atoms with Crippen LogP contribution in [0.2, 0.25) is 0 Å². The van der Waals surface area contributed by atoms with Crippen molar-refractivity contribution >= 4 is 17.6 Å². The number of carbonyl (C=O) groups excluding carboxylic acids is 2. The molecule has 8 heteroatoms. The number of amides is 3. The molecule has 29 heavy (non-hydrogen) atoms. The zero-order valence-corrected chi connectivity index (χ0v) is 17.1. The average molecular weight is 398 g/mol. The van der Waals surface area contributed by atoms with Gasteiger partial charge in [-0.15, -0.1) is 0 Å². The van der Waals surface area contributed by atoms with Gasteiger partial charge in [0.2, 0.25) is 0 Å². The summed E-state index contributed by atoms with van der Waals surface area (Å²) in [5.41, 5.74) is 1.68. The van der Waals surface area contributed by atoms with Gasteiger partial charge < -0.3 is 19.4 Å². The van der Waals surface area contributed by atoms with Crippen LogP contribution in [0.4, 0.5) is 4.79 Å². The van der Waals surface area contributed by atoms with Crippen molar-refractivity contribution in [1.29, 1.82) is 0 Å². The summed E-state index contributed by atoms with van der Waals surface area (Å²) in [6, 6.07) is 10.5. The van der Waals surface area contributed by atoms with Crippen LogP contribution in [0.5, 0.6) is 5.75 Å². The molecular formula is C21H26N4O4. The largest absolute Gasteiger partial charge is 0.497 e. The Morgan fingerprint density at radius 3 is 2.62 bits per heavy atom. The van der Waals surface area contributed by atoms with Crippen LogP contribution < -0.4 is 10.1 Å².